The number of fused-ring (bicyclic) bond motifs is 1. The molecule has 0 aliphatic carbocycles. The summed E-state index contributed by atoms with van der Waals surface area (Å²) in [5, 5.41) is 5.80. The molecule has 2 aromatic rings. The zero-order valence-electron chi connectivity index (χ0n) is 16.3. The van der Waals surface area contributed by atoms with Gasteiger partial charge >= 0.3 is 6.03 Å². The van der Waals surface area contributed by atoms with Crippen LogP contribution in [0.1, 0.15) is 37.4 Å². The van der Waals surface area contributed by atoms with Crippen LogP contribution in [0.5, 0.6) is 0 Å². The molecule has 0 radical (unpaired) electrons. The Kier molecular flexibility index (Phi) is 6.36. The second-order valence-corrected chi connectivity index (χ2v) is 9.35. The van der Waals surface area contributed by atoms with Gasteiger partial charge in [-0.3, -0.25) is 0 Å². The fourth-order valence-electron chi connectivity index (χ4n) is 3.43. The Bertz CT molecular complexity index is 914. The highest BCUT2D eigenvalue weighted by Crippen LogP contribution is 2.32. The van der Waals surface area contributed by atoms with E-state index in [2.05, 4.69) is 10.6 Å². The van der Waals surface area contributed by atoms with E-state index in [0.717, 1.165) is 5.56 Å². The zero-order valence-corrected chi connectivity index (χ0v) is 17.1. The predicted molar refractivity (Wildman–Crippen MR) is 109 cm³/mol. The highest BCUT2D eigenvalue weighted by molar-refractivity contribution is 7.89. The third-order valence-electron chi connectivity index (χ3n) is 4.75. The van der Waals surface area contributed by atoms with Gasteiger partial charge in [-0.25, -0.2) is 13.2 Å². The molecule has 0 unspecified atom stereocenters. The van der Waals surface area contributed by atoms with Crippen LogP contribution < -0.4 is 10.6 Å². The van der Waals surface area contributed by atoms with Crippen molar-refractivity contribution in [1.29, 1.82) is 0 Å². The first kappa shape index (κ1) is 20.4. The summed E-state index contributed by atoms with van der Waals surface area (Å²) < 4.78 is 27.7. The predicted octanol–water partition coefficient (Wildman–Crippen LogP) is 3.28. The Labute approximate surface area is 167 Å². The molecule has 7 heteroatoms. The maximum Gasteiger partial charge on any atom is 0.315 e. The number of carbonyl (C=O) groups excluding carboxylic acids is 1. The van der Waals surface area contributed by atoms with Gasteiger partial charge in [-0.2, -0.15) is 4.31 Å². The number of nitrogens with zero attached hydrogens (tertiary/aromatic N) is 1. The molecule has 1 atom stereocenters. The molecule has 3 rings (SSSR count). The SMILES string of the molecule is CC(C)CN1CC[C@H](NC(=O)NCc2ccccc2)c2ccccc2S1(=O)=O. The van der Waals surface area contributed by atoms with Crippen molar-refractivity contribution in [3.63, 3.8) is 0 Å². The van der Waals surface area contributed by atoms with Gasteiger partial charge in [0.25, 0.3) is 0 Å². The average molecular weight is 402 g/mol. The molecule has 2 N–H and O–H groups in total. The zero-order chi connectivity index (χ0) is 20.1. The van der Waals surface area contributed by atoms with Crippen molar-refractivity contribution in [2.75, 3.05) is 13.1 Å². The minimum Gasteiger partial charge on any atom is -0.334 e. The van der Waals surface area contributed by atoms with Gasteiger partial charge < -0.3 is 10.6 Å². The van der Waals surface area contributed by atoms with Crippen LogP contribution in [-0.4, -0.2) is 31.8 Å². The number of amides is 2. The maximum absolute atomic E-state index is 13.1. The molecule has 0 saturated carbocycles. The molecule has 1 heterocycles. The van der Waals surface area contributed by atoms with Crippen molar-refractivity contribution < 1.29 is 13.2 Å². The van der Waals surface area contributed by atoms with Gasteiger partial charge in [-0.1, -0.05) is 62.4 Å². The Morgan fingerprint density at radius 2 is 1.79 bits per heavy atom. The van der Waals surface area contributed by atoms with Crippen molar-refractivity contribution in [2.24, 2.45) is 5.92 Å². The molecule has 1 aliphatic heterocycles. The van der Waals surface area contributed by atoms with Gasteiger partial charge in [-0.15, -0.1) is 0 Å². The lowest BCUT2D eigenvalue weighted by Crippen LogP contribution is -2.38. The molecule has 0 spiro atoms. The van der Waals surface area contributed by atoms with E-state index in [1.165, 1.54) is 4.31 Å². The second-order valence-electron chi connectivity index (χ2n) is 7.45. The summed E-state index contributed by atoms with van der Waals surface area (Å²) >= 11 is 0. The third kappa shape index (κ3) is 4.72. The molecule has 2 aromatic carbocycles. The summed E-state index contributed by atoms with van der Waals surface area (Å²) in [4.78, 5) is 12.7. The number of sulfonamides is 1. The van der Waals surface area contributed by atoms with E-state index in [9.17, 15) is 13.2 Å². The number of benzene rings is 2. The number of nitrogens with one attached hydrogen (secondary N) is 2. The number of carbonyl (C=O) groups is 1. The summed E-state index contributed by atoms with van der Waals surface area (Å²) in [6, 6.07) is 15.9. The van der Waals surface area contributed by atoms with Crippen LogP contribution in [0.25, 0.3) is 0 Å². The van der Waals surface area contributed by atoms with Crippen LogP contribution >= 0.6 is 0 Å². The standard InChI is InChI=1S/C21H27N3O3S/c1-16(2)15-24-13-12-19(18-10-6-7-11-20(18)28(24,26)27)23-21(25)22-14-17-8-4-3-5-9-17/h3-11,16,19H,12-15H2,1-2H3,(H2,22,23,25)/t19-/m0/s1. The third-order valence-corrected chi connectivity index (χ3v) is 6.69. The van der Waals surface area contributed by atoms with E-state index in [1.807, 2.05) is 50.2 Å². The van der Waals surface area contributed by atoms with Crippen LogP contribution in [-0.2, 0) is 16.6 Å². The summed E-state index contributed by atoms with van der Waals surface area (Å²) in [5.74, 6) is 0.223. The van der Waals surface area contributed by atoms with Crippen molar-refractivity contribution in [1.82, 2.24) is 14.9 Å². The highest BCUT2D eigenvalue weighted by Gasteiger charge is 2.34. The van der Waals surface area contributed by atoms with Crippen LogP contribution in [0.3, 0.4) is 0 Å². The number of hydrogen-bond donors (Lipinski definition) is 2. The average Bonchev–Trinajstić information content (AvgIpc) is 2.77. The first-order valence-corrected chi connectivity index (χ1v) is 11.0. The van der Waals surface area contributed by atoms with Crippen molar-refractivity contribution in [3.05, 3.63) is 65.7 Å². The van der Waals surface area contributed by atoms with Crippen LogP contribution in [0.2, 0.25) is 0 Å². The smallest absolute Gasteiger partial charge is 0.315 e. The van der Waals surface area contributed by atoms with Crippen molar-refractivity contribution >= 4 is 16.1 Å². The van der Waals surface area contributed by atoms with Gasteiger partial charge in [0.1, 0.15) is 0 Å². The Morgan fingerprint density at radius 1 is 1.11 bits per heavy atom. The number of urea groups is 1. The summed E-state index contributed by atoms with van der Waals surface area (Å²) in [6.45, 7) is 5.25. The van der Waals surface area contributed by atoms with Crippen molar-refractivity contribution in [2.45, 2.75) is 37.8 Å². The molecule has 2 amide bonds. The van der Waals surface area contributed by atoms with E-state index in [1.54, 1.807) is 18.2 Å². The summed E-state index contributed by atoms with van der Waals surface area (Å²) in [7, 11) is -3.58. The molecular weight excluding hydrogens is 374 g/mol. The second kappa shape index (κ2) is 8.75. The fraction of sp³-hybridized carbons (Fsp3) is 0.381. The first-order valence-electron chi connectivity index (χ1n) is 9.55. The molecule has 0 bridgehead atoms. The van der Waals surface area contributed by atoms with E-state index in [0.29, 0.717) is 31.6 Å². The molecule has 28 heavy (non-hydrogen) atoms. The lowest BCUT2D eigenvalue weighted by atomic mass is 10.0. The molecular formula is C21H27N3O3S. The largest absolute Gasteiger partial charge is 0.334 e. The van der Waals surface area contributed by atoms with E-state index >= 15 is 0 Å². The van der Waals surface area contributed by atoms with Gasteiger partial charge in [0.05, 0.1) is 10.9 Å². The van der Waals surface area contributed by atoms with E-state index < -0.39 is 10.0 Å². The summed E-state index contributed by atoms with van der Waals surface area (Å²) in [5.41, 5.74) is 1.65. The van der Waals surface area contributed by atoms with Gasteiger partial charge in [0.15, 0.2) is 0 Å². The lowest BCUT2D eigenvalue weighted by Gasteiger charge is -2.22. The minimum absolute atomic E-state index is 0.223. The van der Waals surface area contributed by atoms with Gasteiger partial charge in [-0.05, 0) is 29.5 Å². The highest BCUT2D eigenvalue weighted by atomic mass is 32.2. The molecule has 0 saturated heterocycles. The number of hydrogen-bond acceptors (Lipinski definition) is 3. The molecule has 0 fully saturated rings. The van der Waals surface area contributed by atoms with Gasteiger partial charge in [0, 0.05) is 19.6 Å². The maximum atomic E-state index is 13.1. The lowest BCUT2D eigenvalue weighted by molar-refractivity contribution is 0.235. The monoisotopic (exact) mass is 401 g/mol. The molecule has 6 nitrogen and oxygen atoms in total. The fourth-order valence-corrected chi connectivity index (χ4v) is 5.30. The minimum atomic E-state index is -3.58. The van der Waals surface area contributed by atoms with Crippen molar-refractivity contribution in [3.8, 4) is 0 Å². The quantitative estimate of drug-likeness (QED) is 0.807. The van der Waals surface area contributed by atoms with Crippen LogP contribution in [0.15, 0.2) is 59.5 Å². The van der Waals surface area contributed by atoms with Crippen LogP contribution in [0, 0.1) is 5.92 Å². The van der Waals surface area contributed by atoms with Crippen LogP contribution in [0.4, 0.5) is 4.79 Å². The summed E-state index contributed by atoms with van der Waals surface area (Å²) in [6.07, 6.45) is 0.529. The number of rotatable bonds is 5. The molecule has 1 aliphatic rings. The first-order chi connectivity index (χ1) is 13.4. The van der Waals surface area contributed by atoms with Gasteiger partial charge in [0.2, 0.25) is 10.0 Å². The topological polar surface area (TPSA) is 78.5 Å². The molecule has 0 aromatic heterocycles. The Morgan fingerprint density at radius 3 is 2.50 bits per heavy atom. The van der Waals surface area contributed by atoms with E-state index in [-0.39, 0.29) is 22.9 Å². The Hall–Kier alpha value is -2.38. The van der Waals surface area contributed by atoms with E-state index in [4.69, 9.17) is 0 Å². The molecule has 150 valence electrons. The Balaban J connectivity index is 1.77. The normalized spacial score (nSPS) is 18.9.